The summed E-state index contributed by atoms with van der Waals surface area (Å²) in [5.41, 5.74) is 14.0. The lowest BCUT2D eigenvalue weighted by Crippen LogP contribution is -2.25. The number of carboxylic acids is 1. The lowest BCUT2D eigenvalue weighted by atomic mass is 9.86. The maximum Gasteiger partial charge on any atom is 0.416 e. The van der Waals surface area contributed by atoms with Crippen molar-refractivity contribution in [3.05, 3.63) is 71.6 Å². The zero-order valence-electron chi connectivity index (χ0n) is 24.8. The molecule has 0 saturated heterocycles. The van der Waals surface area contributed by atoms with E-state index in [1.54, 1.807) is 18.3 Å². The summed E-state index contributed by atoms with van der Waals surface area (Å²) in [6, 6.07) is 7.85. The Morgan fingerprint density at radius 2 is 1.87 bits per heavy atom. The van der Waals surface area contributed by atoms with Gasteiger partial charge in [0.25, 0.3) is 5.91 Å². The molecular formula is C32H35ClF3N7O3. The van der Waals surface area contributed by atoms with Crippen LogP contribution in [0.4, 0.5) is 24.8 Å². The summed E-state index contributed by atoms with van der Waals surface area (Å²) >= 11 is 0. The molecule has 1 amide bonds. The molecule has 1 aliphatic carbocycles. The van der Waals surface area contributed by atoms with Gasteiger partial charge in [-0.05, 0) is 69.3 Å². The van der Waals surface area contributed by atoms with Crippen molar-refractivity contribution < 1.29 is 27.9 Å². The number of unbranched alkanes of at least 4 members (excludes halogenated alkanes) is 2. The monoisotopic (exact) mass is 657 g/mol. The number of amides is 1. The number of benzene rings is 1. The summed E-state index contributed by atoms with van der Waals surface area (Å²) in [5.74, 6) is -1.90. The number of aliphatic carboxylic acids is 1. The Morgan fingerprint density at radius 3 is 2.57 bits per heavy atom. The Bertz CT molecular complexity index is 1720. The molecule has 0 unspecified atom stereocenters. The largest absolute Gasteiger partial charge is 0.481 e. The molecule has 2 atom stereocenters. The number of carbonyl (C=O) groups is 2. The number of rotatable bonds is 10. The summed E-state index contributed by atoms with van der Waals surface area (Å²) in [6.45, 7) is 0.618. The van der Waals surface area contributed by atoms with Crippen LogP contribution in [0.15, 0.2) is 54.9 Å². The third-order valence-electron chi connectivity index (χ3n) is 8.00. The van der Waals surface area contributed by atoms with Gasteiger partial charge in [0.1, 0.15) is 17.3 Å². The fourth-order valence-electron chi connectivity index (χ4n) is 5.68. The fourth-order valence-corrected chi connectivity index (χ4v) is 5.68. The van der Waals surface area contributed by atoms with Gasteiger partial charge in [0.05, 0.1) is 28.4 Å². The van der Waals surface area contributed by atoms with Crippen LogP contribution in [0.1, 0.15) is 72.5 Å². The SMILES string of the molecule is Cl.NCCCC/C=C/c1cnc(N)c2c(-c3ccc(C(=O)Nc4cc(C(F)(F)F)ccn4)cc3)nn([C@@H]3CCC[C@@H](C(=O)O)C3)c12. The minimum atomic E-state index is -4.57. The first kappa shape index (κ1) is 34.4. The van der Waals surface area contributed by atoms with Gasteiger partial charge in [-0.1, -0.05) is 30.7 Å². The summed E-state index contributed by atoms with van der Waals surface area (Å²) in [6.07, 6.45) is 7.33. The van der Waals surface area contributed by atoms with E-state index < -0.39 is 29.5 Å². The fraction of sp³-hybridized carbons (Fsp3) is 0.344. The number of aromatic nitrogens is 4. The standard InChI is InChI=1S/C32H34F3N7O3.ClH/c33-32(34,35)23-13-15-38-25(17-23)40-30(43)20-11-9-19(10-12-20)27-26-28(22(18-39-29(26)37)6-3-1-2-4-14-36)42(41-27)24-8-5-7-21(16-24)31(44)45;/h3,6,9-13,15,17-18,21,24H,1-2,4-5,7-8,14,16,36H2,(H2,37,39)(H,44,45)(H,38,40,43);1H/b6-3+;/t21-,24-;/m1./s1. The number of carbonyl (C=O) groups excluding carboxylic acids is 1. The van der Waals surface area contributed by atoms with Crippen molar-refractivity contribution in [1.29, 1.82) is 0 Å². The molecule has 0 aliphatic heterocycles. The molecule has 6 N–H and O–H groups in total. The van der Waals surface area contributed by atoms with Crippen LogP contribution in [0.3, 0.4) is 0 Å². The molecule has 1 aromatic carbocycles. The number of nitrogen functional groups attached to an aromatic ring is 1. The number of nitrogens with zero attached hydrogens (tertiary/aromatic N) is 4. The van der Waals surface area contributed by atoms with Gasteiger partial charge in [-0.3, -0.25) is 14.3 Å². The van der Waals surface area contributed by atoms with Gasteiger partial charge < -0.3 is 21.9 Å². The second-order valence-electron chi connectivity index (χ2n) is 11.1. The number of hydrogen-bond acceptors (Lipinski definition) is 7. The van der Waals surface area contributed by atoms with Crippen LogP contribution in [-0.4, -0.2) is 43.3 Å². The molecule has 3 heterocycles. The summed E-state index contributed by atoms with van der Waals surface area (Å²) < 4.78 is 41.1. The molecule has 1 aliphatic rings. The molecule has 0 spiro atoms. The molecule has 1 saturated carbocycles. The van der Waals surface area contributed by atoms with E-state index in [4.69, 9.17) is 16.6 Å². The van der Waals surface area contributed by atoms with Gasteiger partial charge >= 0.3 is 12.1 Å². The number of anilines is 2. The van der Waals surface area contributed by atoms with Crippen molar-refractivity contribution in [2.24, 2.45) is 11.7 Å². The van der Waals surface area contributed by atoms with Crippen LogP contribution in [0, 0.1) is 5.92 Å². The third-order valence-corrected chi connectivity index (χ3v) is 8.00. The van der Waals surface area contributed by atoms with Gasteiger partial charge in [-0.25, -0.2) is 9.97 Å². The molecule has 1 fully saturated rings. The number of carboxylic acid groups (broad SMARTS) is 1. The Kier molecular flexibility index (Phi) is 11.0. The molecule has 10 nitrogen and oxygen atoms in total. The first-order valence-electron chi connectivity index (χ1n) is 14.8. The third kappa shape index (κ3) is 7.65. The van der Waals surface area contributed by atoms with E-state index in [1.807, 2.05) is 16.8 Å². The van der Waals surface area contributed by atoms with Crippen molar-refractivity contribution in [1.82, 2.24) is 19.7 Å². The van der Waals surface area contributed by atoms with Crippen molar-refractivity contribution in [2.75, 3.05) is 17.6 Å². The van der Waals surface area contributed by atoms with Crippen LogP contribution in [0.5, 0.6) is 0 Å². The first-order valence-corrected chi connectivity index (χ1v) is 14.8. The maximum absolute atomic E-state index is 13.1. The van der Waals surface area contributed by atoms with Crippen LogP contribution < -0.4 is 16.8 Å². The number of hydrogen-bond donors (Lipinski definition) is 4. The maximum atomic E-state index is 13.1. The average Bonchev–Trinajstić information content (AvgIpc) is 3.44. The van der Waals surface area contributed by atoms with E-state index in [0.29, 0.717) is 36.0 Å². The second kappa shape index (κ2) is 14.7. The van der Waals surface area contributed by atoms with Crippen LogP contribution in [-0.2, 0) is 11.0 Å². The molecule has 14 heteroatoms. The predicted molar refractivity (Wildman–Crippen MR) is 172 cm³/mol. The lowest BCUT2D eigenvalue weighted by Gasteiger charge is -2.27. The molecule has 46 heavy (non-hydrogen) atoms. The van der Waals surface area contributed by atoms with Crippen LogP contribution >= 0.6 is 12.4 Å². The number of alkyl halides is 3. The predicted octanol–water partition coefficient (Wildman–Crippen LogP) is 6.73. The zero-order valence-corrected chi connectivity index (χ0v) is 25.7. The van der Waals surface area contributed by atoms with E-state index in [9.17, 15) is 27.9 Å². The van der Waals surface area contributed by atoms with Crippen molar-refractivity contribution in [3.8, 4) is 11.3 Å². The highest BCUT2D eigenvalue weighted by atomic mass is 35.5. The topological polar surface area (TPSA) is 162 Å². The van der Waals surface area contributed by atoms with E-state index in [-0.39, 0.29) is 35.6 Å². The van der Waals surface area contributed by atoms with Gasteiger partial charge in [-0.2, -0.15) is 18.3 Å². The molecule has 3 aromatic heterocycles. The number of nitrogens with one attached hydrogen (secondary N) is 1. The zero-order chi connectivity index (χ0) is 32.1. The highest BCUT2D eigenvalue weighted by Gasteiger charge is 2.32. The Balaban J connectivity index is 0.00000480. The Hall–Kier alpha value is -4.49. The molecule has 4 aromatic rings. The van der Waals surface area contributed by atoms with Crippen molar-refractivity contribution in [3.63, 3.8) is 0 Å². The summed E-state index contributed by atoms with van der Waals surface area (Å²) in [5, 5.41) is 17.7. The first-order chi connectivity index (χ1) is 21.6. The van der Waals surface area contributed by atoms with Crippen molar-refractivity contribution >= 4 is 52.9 Å². The normalized spacial score (nSPS) is 16.8. The smallest absolute Gasteiger partial charge is 0.416 e. The molecule has 244 valence electrons. The number of nitrogens with two attached hydrogens (primary N) is 2. The highest BCUT2D eigenvalue weighted by molar-refractivity contribution is 6.06. The van der Waals surface area contributed by atoms with Gasteiger partial charge in [0.15, 0.2) is 0 Å². The van der Waals surface area contributed by atoms with Gasteiger partial charge in [0.2, 0.25) is 0 Å². The number of halogens is 4. The van der Waals surface area contributed by atoms with E-state index in [1.165, 1.54) is 12.1 Å². The minimum Gasteiger partial charge on any atom is -0.481 e. The van der Waals surface area contributed by atoms with E-state index in [0.717, 1.165) is 61.5 Å². The van der Waals surface area contributed by atoms with Gasteiger partial charge in [-0.15, -0.1) is 12.4 Å². The van der Waals surface area contributed by atoms with Crippen LogP contribution in [0.25, 0.3) is 28.2 Å². The minimum absolute atomic E-state index is 0. The Labute approximate surface area is 269 Å². The Morgan fingerprint density at radius 1 is 1.11 bits per heavy atom. The summed E-state index contributed by atoms with van der Waals surface area (Å²) in [7, 11) is 0. The average molecular weight is 658 g/mol. The van der Waals surface area contributed by atoms with E-state index >= 15 is 0 Å². The van der Waals surface area contributed by atoms with Crippen molar-refractivity contribution in [2.45, 2.75) is 57.2 Å². The number of pyridine rings is 2. The molecule has 0 bridgehead atoms. The molecule has 5 rings (SSSR count). The molecule has 0 radical (unpaired) electrons. The summed E-state index contributed by atoms with van der Waals surface area (Å²) in [4.78, 5) is 33.0. The van der Waals surface area contributed by atoms with E-state index in [2.05, 4.69) is 15.3 Å². The highest BCUT2D eigenvalue weighted by Crippen LogP contribution is 2.40. The second-order valence-corrected chi connectivity index (χ2v) is 11.1. The quantitative estimate of drug-likeness (QED) is 0.137. The number of fused-ring (bicyclic) bond motifs is 1. The molecular weight excluding hydrogens is 623 g/mol. The van der Waals surface area contributed by atoms with Gasteiger partial charge in [0, 0.05) is 29.1 Å². The lowest BCUT2D eigenvalue weighted by molar-refractivity contribution is -0.143. The van der Waals surface area contributed by atoms with Crippen LogP contribution in [0.2, 0.25) is 0 Å². The number of allylic oxidation sites excluding steroid dienone is 1.